The average Bonchev–Trinajstić information content (AvgIpc) is 0.769. The fourth-order valence-electron chi connectivity index (χ4n) is 11.8. The molecule has 7 aliphatic heterocycles. The Labute approximate surface area is 538 Å². The Morgan fingerprint density at radius 2 is 0.979 bits per heavy atom. The second-order valence-electron chi connectivity index (χ2n) is 23.7. The normalized spacial score (nSPS) is 46.6. The molecule has 0 aromatic carbocycles. The van der Waals surface area contributed by atoms with Crippen LogP contribution in [0.3, 0.4) is 0 Å². The maximum Gasteiger partial charge on any atom is 0.397 e. The molecular weight excluding hydrogens is 1330 g/mol. The summed E-state index contributed by atoms with van der Waals surface area (Å²) < 4.78 is 115. The third-order valence-corrected chi connectivity index (χ3v) is 17.3. The third kappa shape index (κ3) is 18.0. The summed E-state index contributed by atoms with van der Waals surface area (Å²) in [7, 11) is -5.54. The molecule has 0 radical (unpaired) electrons. The minimum atomic E-state index is -5.54. The molecule has 3 amide bonds. The van der Waals surface area contributed by atoms with E-state index in [0.29, 0.717) is 0 Å². The van der Waals surface area contributed by atoms with Crippen LogP contribution in [-0.4, -0.2) is 387 Å². The van der Waals surface area contributed by atoms with Crippen LogP contribution < -0.4 is 16.0 Å². The Morgan fingerprint density at radius 1 is 0.505 bits per heavy atom. The summed E-state index contributed by atoms with van der Waals surface area (Å²) in [6.07, 6.45) is -68.4. The fourth-order valence-corrected chi connectivity index (χ4v) is 12.1. The highest BCUT2D eigenvalue weighted by molar-refractivity contribution is 7.80. The van der Waals surface area contributed by atoms with Crippen LogP contribution in [0.2, 0.25) is 0 Å². The van der Waals surface area contributed by atoms with E-state index in [2.05, 4.69) is 16.0 Å². The summed E-state index contributed by atoms with van der Waals surface area (Å²) in [5, 5.41) is 215. The number of carboxylic acids is 1. The first-order valence-electron chi connectivity index (χ1n) is 29.6. The molecule has 550 valence electrons. The van der Waals surface area contributed by atoms with Crippen molar-refractivity contribution in [1.82, 2.24) is 16.0 Å². The molecule has 36 atom stereocenters. The summed E-state index contributed by atoms with van der Waals surface area (Å²) in [4.78, 5) is 51.3. The molecule has 0 aliphatic carbocycles. The van der Waals surface area contributed by atoms with E-state index in [0.717, 1.165) is 20.8 Å². The number of rotatable bonds is 25. The highest BCUT2D eigenvalue weighted by atomic mass is 32.3. The van der Waals surface area contributed by atoms with Gasteiger partial charge in [0.25, 0.3) is 5.79 Å². The molecule has 7 rings (SSSR count). The zero-order valence-electron chi connectivity index (χ0n) is 51.0. The standard InChI is InChI=1S/C51H85N3O40S/c1-12-26(63)32(69)35(72)46(83-12)91-41-25(54-16(5)60)45(88-22(11-82-95(78,79)80)38(41)89-49-43(34(71)29(66)19(8-56)87-49)92-47-36(73)33(70)27(64)13(2)84-47)81-10-21-31(68)39(24(44(75)85-21)53-15(4)59)90-48-37(74)42(30(67)20(9-57)86-48)94-51(50(76)77)6-17(61)23(52-14(3)58)40(93-51)28(65)18(62)7-55/h12-13,17-49,55-57,61-75H,6-11H2,1-5H3,(H,52,58)(H,53,59)(H,54,60)(H,76,77)(H,78,79,80)/t12-,13-,17-,18+,19+,20+,21+,22+,23+,24+,25+,26+,27+,28+,29-,30-,31-,32+,33+,34-,35-,36-,37+,38+,39+,40+,41+,42-,43+,44+,45+,46-,47-,48-,49-,51-/m0/s1. The lowest BCUT2D eigenvalue weighted by atomic mass is 9.88. The molecule has 0 saturated carbocycles. The second-order valence-corrected chi connectivity index (χ2v) is 24.8. The lowest BCUT2D eigenvalue weighted by Crippen LogP contribution is -2.71. The van der Waals surface area contributed by atoms with Crippen molar-refractivity contribution >= 4 is 34.1 Å². The predicted octanol–water partition coefficient (Wildman–Crippen LogP) is -14.8. The molecule has 0 aromatic rings. The van der Waals surface area contributed by atoms with Crippen molar-refractivity contribution in [3.05, 3.63) is 0 Å². The van der Waals surface area contributed by atoms with Gasteiger partial charge in [0.15, 0.2) is 37.7 Å². The van der Waals surface area contributed by atoms with Crippen LogP contribution >= 0.6 is 0 Å². The number of aliphatic carboxylic acids is 1. The molecule has 7 heterocycles. The van der Waals surface area contributed by atoms with Crippen molar-refractivity contribution in [1.29, 1.82) is 0 Å². The maximum atomic E-state index is 13.3. The Bertz CT molecular complexity index is 2650. The number of ether oxygens (including phenoxy) is 13. The number of hydrogen-bond acceptors (Lipinski definition) is 38. The molecule has 0 bridgehead atoms. The maximum absolute atomic E-state index is 13.3. The topological polar surface area (TPSA) is 672 Å². The quantitative estimate of drug-likeness (QED) is 0.0377. The first-order chi connectivity index (χ1) is 44.4. The summed E-state index contributed by atoms with van der Waals surface area (Å²) in [6, 6.07) is -5.68. The lowest BCUT2D eigenvalue weighted by molar-refractivity contribution is -0.394. The monoisotopic (exact) mass is 1410 g/mol. The van der Waals surface area contributed by atoms with Crippen LogP contribution in [0.1, 0.15) is 41.0 Å². The van der Waals surface area contributed by atoms with E-state index in [-0.39, 0.29) is 0 Å². The van der Waals surface area contributed by atoms with Gasteiger partial charge >= 0.3 is 16.4 Å². The summed E-state index contributed by atoms with van der Waals surface area (Å²) in [5.41, 5.74) is 0. The smallest absolute Gasteiger partial charge is 0.397 e. The van der Waals surface area contributed by atoms with E-state index in [1.807, 2.05) is 0 Å². The molecule has 0 spiro atoms. The van der Waals surface area contributed by atoms with Gasteiger partial charge in [0.05, 0.1) is 57.4 Å². The number of carbonyl (C=O) groups excluding carboxylic acids is 3. The van der Waals surface area contributed by atoms with Crippen molar-refractivity contribution in [2.45, 2.75) is 261 Å². The van der Waals surface area contributed by atoms with Gasteiger partial charge in [-0.25, -0.2) is 8.98 Å². The first kappa shape index (κ1) is 78.8. The van der Waals surface area contributed by atoms with Gasteiger partial charge in [-0.2, -0.15) is 8.42 Å². The zero-order valence-corrected chi connectivity index (χ0v) is 51.8. The molecule has 7 fully saturated rings. The Kier molecular flexibility index (Phi) is 27.3. The van der Waals surface area contributed by atoms with Crippen LogP contribution in [-0.2, 0) is 95.3 Å². The number of hydrogen-bond donors (Lipinski definition) is 23. The number of aliphatic hydroxyl groups excluding tert-OH is 18. The van der Waals surface area contributed by atoms with Crippen LogP contribution in [0.25, 0.3) is 0 Å². The van der Waals surface area contributed by atoms with E-state index in [1.165, 1.54) is 13.8 Å². The number of aliphatic hydroxyl groups is 18. The van der Waals surface area contributed by atoms with Gasteiger partial charge in [0, 0.05) is 27.2 Å². The molecule has 23 N–H and O–H groups in total. The predicted molar refractivity (Wildman–Crippen MR) is 291 cm³/mol. The molecular formula is C51H85N3O40S. The average molecular weight is 1410 g/mol. The van der Waals surface area contributed by atoms with E-state index in [4.69, 9.17) is 65.8 Å². The largest absolute Gasteiger partial charge is 0.477 e. The molecule has 44 heteroatoms. The van der Waals surface area contributed by atoms with E-state index in [9.17, 15) is 129 Å². The Balaban J connectivity index is 1.23. The van der Waals surface area contributed by atoms with Gasteiger partial charge in [-0.05, 0) is 13.8 Å². The Hall–Kier alpha value is -3.49. The van der Waals surface area contributed by atoms with Gasteiger partial charge in [0.1, 0.15) is 152 Å². The van der Waals surface area contributed by atoms with Crippen LogP contribution in [0, 0.1) is 0 Å². The van der Waals surface area contributed by atoms with Crippen molar-refractivity contribution in [2.75, 3.05) is 33.0 Å². The molecule has 7 saturated heterocycles. The number of amides is 3. The molecule has 0 unspecified atom stereocenters. The molecule has 7 aliphatic rings. The molecule has 95 heavy (non-hydrogen) atoms. The summed E-state index contributed by atoms with van der Waals surface area (Å²) in [5.74, 6) is -8.26. The fraction of sp³-hybridized carbons (Fsp3) is 0.922. The van der Waals surface area contributed by atoms with Crippen LogP contribution in [0.15, 0.2) is 0 Å². The van der Waals surface area contributed by atoms with Crippen LogP contribution in [0.5, 0.6) is 0 Å². The van der Waals surface area contributed by atoms with Gasteiger partial charge in [0.2, 0.25) is 17.7 Å². The zero-order chi connectivity index (χ0) is 70.8. The van der Waals surface area contributed by atoms with Crippen molar-refractivity contribution in [2.24, 2.45) is 0 Å². The molecule has 0 aromatic heterocycles. The molecule has 43 nitrogen and oxygen atoms in total. The minimum absolute atomic E-state index is 0.865. The van der Waals surface area contributed by atoms with Crippen molar-refractivity contribution in [3.63, 3.8) is 0 Å². The Morgan fingerprint density at radius 3 is 1.51 bits per heavy atom. The second kappa shape index (κ2) is 32.9. The van der Waals surface area contributed by atoms with Gasteiger partial charge in [-0.1, -0.05) is 0 Å². The summed E-state index contributed by atoms with van der Waals surface area (Å²) in [6.45, 7) is -0.816. The van der Waals surface area contributed by atoms with Gasteiger partial charge in [-0.3, -0.25) is 18.9 Å². The SMILES string of the molecule is CC(=O)N[C@@H]1[C@@H](O[C@@H]2O[C@H](CO)[C@H](O)[C@H](O[C@]3(C(=O)O)C[C@H](O)[C@@H](NC(C)=O)[C@H]([C@H](O)[C@H](O)CO)O3)[C@H]2O)[C@@H](O)[C@@H](CO[C@@H]2O[C@H](COS(=O)(=O)O)[C@@H](O[C@@H]3O[C@H](CO)[C@H](O)[C@H](O)[C@H]3O[C@@H]3O[C@@H](C)[C@@H](O)[C@@H](O)[C@@H]3O)[C@H](O[C@@H]3O[C@@H](C)[C@@H](O)[C@@H](O)[C@@H]3O)[C@H]2NC(C)=O)O[C@H]1O. The highest BCUT2D eigenvalue weighted by Gasteiger charge is 2.62. The van der Waals surface area contributed by atoms with Gasteiger partial charge < -0.3 is 175 Å². The van der Waals surface area contributed by atoms with Gasteiger partial charge in [-0.15, -0.1) is 0 Å². The number of nitrogens with one attached hydrogen (secondary N) is 3. The third-order valence-electron chi connectivity index (χ3n) is 16.8. The lowest BCUT2D eigenvalue weighted by Gasteiger charge is -2.51. The summed E-state index contributed by atoms with van der Waals surface area (Å²) >= 11 is 0. The first-order valence-corrected chi connectivity index (χ1v) is 31.0. The van der Waals surface area contributed by atoms with Crippen molar-refractivity contribution in [3.8, 4) is 0 Å². The van der Waals surface area contributed by atoms with Crippen molar-refractivity contribution < 1.29 is 195 Å². The number of carbonyl (C=O) groups is 4. The van der Waals surface area contributed by atoms with E-state index < -0.39 is 294 Å². The number of carboxylic acid groups (broad SMARTS) is 1. The van der Waals surface area contributed by atoms with Crippen LogP contribution in [0.4, 0.5) is 0 Å². The van der Waals surface area contributed by atoms with E-state index in [1.54, 1.807) is 0 Å². The highest BCUT2D eigenvalue weighted by Crippen LogP contribution is 2.41. The minimum Gasteiger partial charge on any atom is -0.477 e. The van der Waals surface area contributed by atoms with E-state index >= 15 is 0 Å².